The molecule has 2 heterocycles. The fourth-order valence-corrected chi connectivity index (χ4v) is 4.62. The van der Waals surface area contributed by atoms with Crippen LogP contribution >= 0.6 is 23.5 Å². The summed E-state index contributed by atoms with van der Waals surface area (Å²) in [6.07, 6.45) is -0.681. The van der Waals surface area contributed by atoms with Crippen molar-refractivity contribution in [3.05, 3.63) is 10.1 Å². The number of amides is 1. The van der Waals surface area contributed by atoms with Crippen molar-refractivity contribution in [1.82, 2.24) is 4.90 Å². The summed E-state index contributed by atoms with van der Waals surface area (Å²) in [7, 11) is 0. The highest BCUT2D eigenvalue weighted by atomic mass is 32.2. The van der Waals surface area contributed by atoms with Gasteiger partial charge in [-0.3, -0.25) is 14.5 Å². The first-order valence-corrected chi connectivity index (χ1v) is 7.13. The molecule has 0 aliphatic carbocycles. The second-order valence-electron chi connectivity index (χ2n) is 3.72. The predicted molar refractivity (Wildman–Crippen MR) is 65.7 cm³/mol. The molecular formula is C10H13NO4S2. The maximum absolute atomic E-state index is 11.8. The number of rotatable bonds is 5. The second kappa shape index (κ2) is 4.91. The molecule has 1 N–H and O–H groups in total. The minimum atomic E-state index is -0.681. The van der Waals surface area contributed by atoms with Gasteiger partial charge in [-0.2, -0.15) is 0 Å². The molecule has 1 fully saturated rings. The Labute approximate surface area is 108 Å². The van der Waals surface area contributed by atoms with Gasteiger partial charge in [-0.15, -0.1) is 11.8 Å². The molecule has 2 unspecified atom stereocenters. The minimum absolute atomic E-state index is 0.133. The van der Waals surface area contributed by atoms with Crippen LogP contribution in [0.5, 0.6) is 0 Å². The van der Waals surface area contributed by atoms with Crippen molar-refractivity contribution in [3.63, 3.8) is 0 Å². The highest BCUT2D eigenvalue weighted by molar-refractivity contribution is 8.22. The number of carbonyl (C=O) groups is 2. The summed E-state index contributed by atoms with van der Waals surface area (Å²) in [5, 5.41) is 9.39. The van der Waals surface area contributed by atoms with Crippen LogP contribution in [0.2, 0.25) is 0 Å². The van der Waals surface area contributed by atoms with Crippen LogP contribution < -0.4 is 0 Å². The van der Waals surface area contributed by atoms with Gasteiger partial charge in [0.15, 0.2) is 0 Å². The topological polar surface area (TPSA) is 66.8 Å². The largest absolute Gasteiger partial charge is 0.410 e. The molecule has 17 heavy (non-hydrogen) atoms. The third kappa shape index (κ3) is 1.96. The van der Waals surface area contributed by atoms with Gasteiger partial charge in [0.25, 0.3) is 6.47 Å². The van der Waals surface area contributed by atoms with E-state index >= 15 is 0 Å². The molecule has 0 aromatic rings. The molecular weight excluding hydrogens is 262 g/mol. The summed E-state index contributed by atoms with van der Waals surface area (Å²) in [5.74, 6) is 0.576. The molecule has 0 aromatic carbocycles. The average molecular weight is 275 g/mol. The van der Waals surface area contributed by atoms with Crippen LogP contribution in [0.4, 0.5) is 0 Å². The van der Waals surface area contributed by atoms with E-state index in [1.807, 2.05) is 6.92 Å². The predicted octanol–water partition coefficient (Wildman–Crippen LogP) is 0.951. The lowest BCUT2D eigenvalue weighted by Gasteiger charge is -2.43. The van der Waals surface area contributed by atoms with Crippen molar-refractivity contribution >= 4 is 35.9 Å². The van der Waals surface area contributed by atoms with E-state index in [-0.39, 0.29) is 11.3 Å². The molecule has 94 valence electrons. The summed E-state index contributed by atoms with van der Waals surface area (Å²) >= 11 is 3.01. The summed E-state index contributed by atoms with van der Waals surface area (Å²) < 4.78 is 5.72. The molecule has 7 heteroatoms. The third-order valence-corrected chi connectivity index (χ3v) is 5.16. The number of aliphatic hydroxyl groups is 1. The molecule has 0 radical (unpaired) electrons. The molecule has 0 spiro atoms. The summed E-state index contributed by atoms with van der Waals surface area (Å²) in [6.45, 7) is 3.92. The van der Waals surface area contributed by atoms with Gasteiger partial charge >= 0.3 is 0 Å². The number of fused-ring (bicyclic) bond motifs is 1. The Hall–Kier alpha value is -0.660. The maximum Gasteiger partial charge on any atom is 0.299 e. The van der Waals surface area contributed by atoms with Gasteiger partial charge in [0.2, 0.25) is 11.8 Å². The van der Waals surface area contributed by atoms with E-state index in [0.717, 1.165) is 9.99 Å². The van der Waals surface area contributed by atoms with Crippen LogP contribution in [-0.2, 0) is 14.3 Å². The first kappa shape index (κ1) is 12.8. The molecule has 2 rings (SSSR count). The molecule has 1 amide bonds. The second-order valence-corrected chi connectivity index (χ2v) is 6.38. The number of thioether (sulfide) groups is 2. The average Bonchev–Trinajstić information content (AvgIpc) is 2.53. The zero-order valence-electron chi connectivity index (χ0n) is 9.45. The van der Waals surface area contributed by atoms with E-state index in [1.54, 1.807) is 6.92 Å². The number of β-lactam (4-membered cyclic amide) rings is 1. The van der Waals surface area contributed by atoms with E-state index < -0.39 is 12.0 Å². The maximum atomic E-state index is 11.8. The fraction of sp³-hybridized carbons (Fsp3) is 0.600. The lowest BCUT2D eigenvalue weighted by Crippen LogP contribution is -2.60. The van der Waals surface area contributed by atoms with Crippen molar-refractivity contribution < 1.29 is 19.4 Å². The van der Waals surface area contributed by atoms with Crippen molar-refractivity contribution in [3.8, 4) is 0 Å². The highest BCUT2D eigenvalue weighted by Crippen LogP contribution is 2.53. The first-order chi connectivity index (χ1) is 8.11. The Morgan fingerprint density at radius 1 is 1.71 bits per heavy atom. The zero-order valence-corrected chi connectivity index (χ0v) is 11.1. The molecule has 5 nitrogen and oxygen atoms in total. The Kier molecular flexibility index (Phi) is 3.70. The Balaban J connectivity index is 2.20. The van der Waals surface area contributed by atoms with E-state index in [4.69, 9.17) is 4.74 Å². The van der Waals surface area contributed by atoms with Crippen molar-refractivity contribution in [2.75, 3.05) is 5.75 Å². The van der Waals surface area contributed by atoms with E-state index in [1.165, 1.54) is 28.4 Å². The van der Waals surface area contributed by atoms with E-state index in [0.29, 0.717) is 12.4 Å². The first-order valence-electron chi connectivity index (χ1n) is 5.27. The number of aliphatic hydroxyl groups excluding tert-OH is 1. The monoisotopic (exact) mass is 275 g/mol. The standard InChI is InChI=1S/C10H13NO4S2/c1-3-16-10-8(15-4-12)11-7(14)6(5(2)13)9(11)17-10/h4-6,9,13H,3H2,1-2H3/t5?,6?,9-/m0/s1. The third-order valence-electron chi connectivity index (χ3n) is 2.66. The molecule has 0 saturated carbocycles. The van der Waals surface area contributed by atoms with Crippen LogP contribution in [0.3, 0.4) is 0 Å². The van der Waals surface area contributed by atoms with Crippen LogP contribution in [0, 0.1) is 5.92 Å². The van der Waals surface area contributed by atoms with Crippen molar-refractivity contribution in [2.24, 2.45) is 5.92 Å². The Bertz CT molecular complexity index is 383. The smallest absolute Gasteiger partial charge is 0.299 e. The molecule has 0 bridgehead atoms. The number of ether oxygens (including phenoxy) is 1. The zero-order chi connectivity index (χ0) is 12.6. The summed E-state index contributed by atoms with van der Waals surface area (Å²) in [5.41, 5.74) is 0. The molecule has 1 saturated heterocycles. The van der Waals surface area contributed by atoms with Gasteiger partial charge in [-0.25, -0.2) is 0 Å². The SMILES string of the molecule is CCSC1=C(OC=O)N2C(=O)C(C(C)O)[C@@H]2S1. The van der Waals surface area contributed by atoms with Gasteiger partial charge in [0, 0.05) is 0 Å². The van der Waals surface area contributed by atoms with Crippen LogP contribution in [0.1, 0.15) is 13.8 Å². The highest BCUT2D eigenvalue weighted by Gasteiger charge is 2.57. The summed E-state index contributed by atoms with van der Waals surface area (Å²) in [4.78, 5) is 23.7. The number of hydrogen-bond acceptors (Lipinski definition) is 6. The Morgan fingerprint density at radius 3 is 2.94 bits per heavy atom. The minimum Gasteiger partial charge on any atom is -0.410 e. The number of nitrogens with zero attached hydrogens (tertiary/aromatic N) is 1. The summed E-state index contributed by atoms with van der Waals surface area (Å²) in [6, 6.07) is 0. The van der Waals surface area contributed by atoms with Crippen LogP contribution in [0.25, 0.3) is 0 Å². The normalized spacial score (nSPS) is 28.9. The van der Waals surface area contributed by atoms with E-state index in [2.05, 4.69) is 0 Å². The van der Waals surface area contributed by atoms with Gasteiger partial charge in [0.05, 0.1) is 12.0 Å². The molecule has 2 aliphatic rings. The number of hydrogen-bond donors (Lipinski definition) is 1. The van der Waals surface area contributed by atoms with Gasteiger partial charge in [-0.1, -0.05) is 18.7 Å². The molecule has 0 aromatic heterocycles. The van der Waals surface area contributed by atoms with Crippen molar-refractivity contribution in [1.29, 1.82) is 0 Å². The Morgan fingerprint density at radius 2 is 2.41 bits per heavy atom. The van der Waals surface area contributed by atoms with Crippen LogP contribution in [0.15, 0.2) is 10.1 Å². The van der Waals surface area contributed by atoms with Gasteiger partial charge in [-0.05, 0) is 12.7 Å². The molecule has 2 aliphatic heterocycles. The fourth-order valence-electron chi connectivity index (χ4n) is 1.91. The van der Waals surface area contributed by atoms with E-state index in [9.17, 15) is 14.7 Å². The van der Waals surface area contributed by atoms with Crippen molar-refractivity contribution in [2.45, 2.75) is 25.3 Å². The lowest BCUT2D eigenvalue weighted by molar-refractivity contribution is -0.157. The van der Waals surface area contributed by atoms with Gasteiger partial charge < -0.3 is 9.84 Å². The number of carbonyl (C=O) groups excluding carboxylic acids is 2. The van der Waals surface area contributed by atoms with Crippen LogP contribution in [-0.4, -0.2) is 39.6 Å². The molecule has 3 atom stereocenters. The lowest BCUT2D eigenvalue weighted by atomic mass is 9.93. The van der Waals surface area contributed by atoms with Gasteiger partial charge in [0.1, 0.15) is 9.61 Å². The quantitative estimate of drug-likeness (QED) is 0.595.